The monoisotopic (exact) mass is 302 g/mol. The molecule has 0 aliphatic carbocycles. The Kier molecular flexibility index (Phi) is 4.03. The molecule has 0 N–H and O–H groups in total. The van der Waals surface area contributed by atoms with Crippen molar-refractivity contribution in [3.05, 3.63) is 40.4 Å². The van der Waals surface area contributed by atoms with E-state index < -0.39 is 0 Å². The van der Waals surface area contributed by atoms with Gasteiger partial charge in [0.2, 0.25) is 0 Å². The molecule has 2 heterocycles. The summed E-state index contributed by atoms with van der Waals surface area (Å²) in [5.74, 6) is 0.00565. The number of hydrogen-bond acceptors (Lipinski definition) is 4. The molecule has 1 aliphatic rings. The second kappa shape index (κ2) is 5.95. The Morgan fingerprint density at radius 1 is 1.29 bits per heavy atom. The van der Waals surface area contributed by atoms with Gasteiger partial charge in [-0.05, 0) is 25.0 Å². The summed E-state index contributed by atoms with van der Waals surface area (Å²) < 4.78 is 5.28. The van der Waals surface area contributed by atoms with Crippen molar-refractivity contribution in [3.63, 3.8) is 0 Å². The molecule has 5 heteroatoms. The zero-order valence-corrected chi connectivity index (χ0v) is 13.1. The number of rotatable bonds is 2. The van der Waals surface area contributed by atoms with E-state index >= 15 is 0 Å². The van der Waals surface area contributed by atoms with Crippen molar-refractivity contribution in [1.82, 2.24) is 9.88 Å². The maximum atomic E-state index is 12.4. The molecule has 110 valence electrons. The van der Waals surface area contributed by atoms with Gasteiger partial charge in [0.25, 0.3) is 5.91 Å². The summed E-state index contributed by atoms with van der Waals surface area (Å²) in [5.41, 5.74) is 4.11. The molecule has 0 unspecified atom stereocenters. The highest BCUT2D eigenvalue weighted by molar-refractivity contribution is 7.13. The van der Waals surface area contributed by atoms with Crippen LogP contribution in [0.15, 0.2) is 23.6 Å². The highest BCUT2D eigenvalue weighted by Crippen LogP contribution is 2.28. The van der Waals surface area contributed by atoms with Crippen LogP contribution in [-0.2, 0) is 4.74 Å². The molecule has 0 spiro atoms. The van der Waals surface area contributed by atoms with Gasteiger partial charge in [0.15, 0.2) is 0 Å². The summed E-state index contributed by atoms with van der Waals surface area (Å²) in [6.45, 7) is 6.70. The lowest BCUT2D eigenvalue weighted by molar-refractivity contribution is 0.0299. The van der Waals surface area contributed by atoms with E-state index in [4.69, 9.17) is 4.74 Å². The van der Waals surface area contributed by atoms with E-state index in [9.17, 15) is 4.79 Å². The third-order valence-corrected chi connectivity index (χ3v) is 4.73. The molecule has 0 saturated carbocycles. The van der Waals surface area contributed by atoms with Crippen LogP contribution in [-0.4, -0.2) is 42.1 Å². The average Bonchev–Trinajstić information content (AvgIpc) is 3.00. The number of morpholine rings is 1. The molecular weight excluding hydrogens is 284 g/mol. The van der Waals surface area contributed by atoms with Crippen LogP contribution in [0.4, 0.5) is 0 Å². The Bertz CT molecular complexity index is 660. The third-order valence-electron chi connectivity index (χ3n) is 3.86. The first kappa shape index (κ1) is 14.2. The Morgan fingerprint density at radius 3 is 2.81 bits per heavy atom. The van der Waals surface area contributed by atoms with Crippen LogP contribution in [0, 0.1) is 13.8 Å². The molecule has 1 aliphatic heterocycles. The van der Waals surface area contributed by atoms with Crippen molar-refractivity contribution in [1.29, 1.82) is 0 Å². The van der Waals surface area contributed by atoms with Crippen molar-refractivity contribution >= 4 is 17.2 Å². The summed E-state index contributed by atoms with van der Waals surface area (Å²) in [6, 6.07) is 6.18. The number of carbonyl (C=O) groups excluding carboxylic acids is 1. The van der Waals surface area contributed by atoms with Crippen molar-refractivity contribution in [2.45, 2.75) is 13.8 Å². The van der Waals surface area contributed by atoms with Gasteiger partial charge in [0.05, 0.1) is 13.2 Å². The van der Waals surface area contributed by atoms with Crippen LogP contribution < -0.4 is 0 Å². The van der Waals surface area contributed by atoms with Crippen LogP contribution in [0.5, 0.6) is 0 Å². The lowest BCUT2D eigenvalue weighted by Crippen LogP contribution is -2.40. The van der Waals surface area contributed by atoms with Crippen molar-refractivity contribution in [2.75, 3.05) is 26.3 Å². The van der Waals surface area contributed by atoms with Gasteiger partial charge < -0.3 is 9.64 Å². The minimum absolute atomic E-state index is 0.00565. The number of aromatic nitrogens is 1. The van der Waals surface area contributed by atoms with Gasteiger partial charge in [-0.2, -0.15) is 0 Å². The maximum Gasteiger partial charge on any atom is 0.273 e. The lowest BCUT2D eigenvalue weighted by Gasteiger charge is -2.25. The molecule has 2 aromatic rings. The largest absolute Gasteiger partial charge is 0.378 e. The Labute approximate surface area is 128 Å². The SMILES string of the molecule is Cc1cccc(-c2nc(C(=O)N3CCOCC3)cs2)c1C. The van der Waals surface area contributed by atoms with E-state index in [1.54, 1.807) is 0 Å². The van der Waals surface area contributed by atoms with E-state index in [2.05, 4.69) is 31.0 Å². The molecule has 1 aromatic carbocycles. The van der Waals surface area contributed by atoms with E-state index in [1.807, 2.05) is 16.3 Å². The number of thiazole rings is 1. The van der Waals surface area contributed by atoms with Gasteiger partial charge in [0.1, 0.15) is 10.7 Å². The van der Waals surface area contributed by atoms with Gasteiger partial charge in [-0.1, -0.05) is 18.2 Å². The smallest absolute Gasteiger partial charge is 0.273 e. The highest BCUT2D eigenvalue weighted by atomic mass is 32.1. The molecule has 3 rings (SSSR count). The topological polar surface area (TPSA) is 42.4 Å². The minimum Gasteiger partial charge on any atom is -0.378 e. The second-order valence-corrected chi connectivity index (χ2v) is 6.05. The normalized spacial score (nSPS) is 15.2. The first-order valence-corrected chi connectivity index (χ1v) is 7.94. The Hall–Kier alpha value is -1.72. The summed E-state index contributed by atoms with van der Waals surface area (Å²) in [6.07, 6.45) is 0. The van der Waals surface area contributed by atoms with Gasteiger partial charge in [0, 0.05) is 24.0 Å². The summed E-state index contributed by atoms with van der Waals surface area (Å²) in [5, 5.41) is 2.77. The third kappa shape index (κ3) is 2.84. The molecule has 0 bridgehead atoms. The Morgan fingerprint density at radius 2 is 2.05 bits per heavy atom. The van der Waals surface area contributed by atoms with Gasteiger partial charge >= 0.3 is 0 Å². The number of nitrogens with zero attached hydrogens (tertiary/aromatic N) is 2. The van der Waals surface area contributed by atoms with Crippen LogP contribution in [0.1, 0.15) is 21.6 Å². The van der Waals surface area contributed by atoms with Crippen molar-refractivity contribution in [3.8, 4) is 10.6 Å². The van der Waals surface area contributed by atoms with Crippen LogP contribution >= 0.6 is 11.3 Å². The van der Waals surface area contributed by atoms with Gasteiger partial charge in [-0.3, -0.25) is 4.79 Å². The van der Waals surface area contributed by atoms with E-state index in [0.717, 1.165) is 10.6 Å². The number of hydrogen-bond donors (Lipinski definition) is 0. The molecule has 21 heavy (non-hydrogen) atoms. The summed E-state index contributed by atoms with van der Waals surface area (Å²) >= 11 is 1.53. The quantitative estimate of drug-likeness (QED) is 0.856. The summed E-state index contributed by atoms with van der Waals surface area (Å²) in [7, 11) is 0. The first-order chi connectivity index (χ1) is 10.2. The van der Waals surface area contributed by atoms with Gasteiger partial charge in [-0.25, -0.2) is 4.98 Å². The molecule has 0 atom stereocenters. The molecule has 1 fully saturated rings. The number of benzene rings is 1. The number of ether oxygens (including phenoxy) is 1. The highest BCUT2D eigenvalue weighted by Gasteiger charge is 2.21. The Balaban J connectivity index is 1.86. The fourth-order valence-corrected chi connectivity index (χ4v) is 3.28. The van der Waals surface area contributed by atoms with Crippen molar-refractivity contribution in [2.24, 2.45) is 0 Å². The average molecular weight is 302 g/mol. The zero-order valence-electron chi connectivity index (χ0n) is 12.3. The fourth-order valence-electron chi connectivity index (χ4n) is 2.41. The predicted molar refractivity (Wildman–Crippen MR) is 83.7 cm³/mol. The van der Waals surface area contributed by atoms with Crippen LogP contribution in [0.2, 0.25) is 0 Å². The minimum atomic E-state index is 0.00565. The van der Waals surface area contributed by atoms with E-state index in [0.29, 0.717) is 32.0 Å². The van der Waals surface area contributed by atoms with Crippen LogP contribution in [0.25, 0.3) is 10.6 Å². The molecule has 1 amide bonds. The zero-order chi connectivity index (χ0) is 14.8. The second-order valence-electron chi connectivity index (χ2n) is 5.19. The number of amides is 1. The fraction of sp³-hybridized carbons (Fsp3) is 0.375. The summed E-state index contributed by atoms with van der Waals surface area (Å²) in [4.78, 5) is 18.8. The molecule has 0 radical (unpaired) electrons. The lowest BCUT2D eigenvalue weighted by atomic mass is 10.0. The van der Waals surface area contributed by atoms with E-state index in [1.165, 1.54) is 22.5 Å². The predicted octanol–water partition coefficient (Wildman–Crippen LogP) is 2.90. The molecular formula is C16H18N2O2S. The number of aryl methyl sites for hydroxylation is 1. The van der Waals surface area contributed by atoms with E-state index in [-0.39, 0.29) is 5.91 Å². The number of carbonyl (C=O) groups is 1. The molecule has 1 saturated heterocycles. The maximum absolute atomic E-state index is 12.4. The molecule has 1 aromatic heterocycles. The van der Waals surface area contributed by atoms with Gasteiger partial charge in [-0.15, -0.1) is 11.3 Å². The van der Waals surface area contributed by atoms with Crippen LogP contribution in [0.3, 0.4) is 0 Å². The van der Waals surface area contributed by atoms with Crippen molar-refractivity contribution < 1.29 is 9.53 Å². The molecule has 4 nitrogen and oxygen atoms in total. The first-order valence-electron chi connectivity index (χ1n) is 7.06. The standard InChI is InChI=1S/C16H18N2O2S/c1-11-4-3-5-13(12(11)2)15-17-14(10-21-15)16(19)18-6-8-20-9-7-18/h3-5,10H,6-9H2,1-2H3.